The molecule has 0 radical (unpaired) electrons. The highest BCUT2D eigenvalue weighted by Crippen LogP contribution is 2.64. The Bertz CT molecular complexity index is 963. The van der Waals surface area contributed by atoms with Crippen LogP contribution in [0.4, 0.5) is 14.5 Å². The number of ether oxygens (including phenoxy) is 1. The van der Waals surface area contributed by atoms with Crippen LogP contribution in [0.1, 0.15) is 22.2 Å². The molecule has 4 aliphatic rings. The van der Waals surface area contributed by atoms with Gasteiger partial charge in [0.1, 0.15) is 4.88 Å². The molecular weight excluding hydrogens is 386 g/mol. The van der Waals surface area contributed by atoms with Crippen molar-refractivity contribution in [2.75, 3.05) is 31.2 Å². The van der Waals surface area contributed by atoms with Gasteiger partial charge < -0.3 is 15.0 Å². The number of anilines is 1. The molecule has 0 bridgehead atoms. The second-order valence-corrected chi connectivity index (χ2v) is 9.65. The number of aromatic amines is 1. The number of hydrogen-bond donors (Lipinski definition) is 2. The van der Waals surface area contributed by atoms with Crippen LogP contribution >= 0.6 is 11.3 Å². The lowest BCUT2D eigenvalue weighted by atomic mass is 9.91. The van der Waals surface area contributed by atoms with Gasteiger partial charge in [-0.15, -0.1) is 11.3 Å². The minimum absolute atomic E-state index is 0.0810. The average molecular weight is 406 g/mol. The molecule has 5 heterocycles. The average Bonchev–Trinajstić information content (AvgIpc) is 3.17. The maximum Gasteiger partial charge on any atom is 0.269 e. The number of hydrogen-bond acceptors (Lipinski definition) is 5. The van der Waals surface area contributed by atoms with E-state index in [1.54, 1.807) is 17.3 Å². The summed E-state index contributed by atoms with van der Waals surface area (Å²) in [5.74, 6) is -2.17. The number of halogens is 2. The van der Waals surface area contributed by atoms with E-state index in [9.17, 15) is 13.6 Å². The quantitative estimate of drug-likeness (QED) is 0.804. The molecule has 1 amide bonds. The van der Waals surface area contributed by atoms with E-state index in [4.69, 9.17) is 4.74 Å². The van der Waals surface area contributed by atoms with Crippen molar-refractivity contribution in [1.29, 1.82) is 0 Å². The summed E-state index contributed by atoms with van der Waals surface area (Å²) in [4.78, 5) is 16.1. The molecule has 4 atom stereocenters. The molecule has 2 fully saturated rings. The van der Waals surface area contributed by atoms with Crippen molar-refractivity contribution in [2.24, 2.45) is 17.3 Å². The first-order chi connectivity index (χ1) is 13.4. The molecule has 2 aromatic rings. The van der Waals surface area contributed by atoms with Crippen LogP contribution in [0.3, 0.4) is 0 Å². The Morgan fingerprint density at radius 1 is 1.32 bits per heavy atom. The van der Waals surface area contributed by atoms with E-state index in [-0.39, 0.29) is 30.3 Å². The van der Waals surface area contributed by atoms with Gasteiger partial charge in [-0.2, -0.15) is 5.10 Å². The molecule has 2 N–H and O–H groups in total. The normalized spacial score (nSPS) is 35.2. The fourth-order valence-electron chi connectivity index (χ4n) is 5.54. The standard InChI is InChI=1S/C19H20F2N4O2S/c1-18(11-6-27-7-12(11)18)13-5-25-8-19(20,21)2-10-14(25)16(17(26)24-13)28-15(10)9-3-22-23-4-9/h3-4,11-13H,2,5-8H2,1H3,(H,22,23)(H,24,26)/t11-,12+,13-,18?/m1/s1. The molecule has 6 rings (SSSR count). The first-order valence-electron chi connectivity index (χ1n) is 9.55. The summed E-state index contributed by atoms with van der Waals surface area (Å²) in [6, 6.07) is -0.155. The van der Waals surface area contributed by atoms with Crippen LogP contribution in [0.15, 0.2) is 12.4 Å². The highest BCUT2D eigenvalue weighted by atomic mass is 32.1. The molecule has 28 heavy (non-hydrogen) atoms. The Labute approximate surface area is 164 Å². The van der Waals surface area contributed by atoms with Crippen LogP contribution in [-0.2, 0) is 11.2 Å². The minimum atomic E-state index is -2.83. The van der Waals surface area contributed by atoms with Gasteiger partial charge in [0.25, 0.3) is 11.8 Å². The van der Waals surface area contributed by atoms with E-state index in [0.29, 0.717) is 52.6 Å². The number of alkyl halides is 2. The van der Waals surface area contributed by atoms with Gasteiger partial charge in [0, 0.05) is 40.6 Å². The predicted molar refractivity (Wildman–Crippen MR) is 99.9 cm³/mol. The van der Waals surface area contributed by atoms with E-state index in [2.05, 4.69) is 22.4 Å². The van der Waals surface area contributed by atoms with Crippen LogP contribution in [-0.4, -0.2) is 54.4 Å². The second-order valence-electron chi connectivity index (χ2n) is 8.63. The summed E-state index contributed by atoms with van der Waals surface area (Å²) < 4.78 is 34.9. The Balaban J connectivity index is 1.45. The van der Waals surface area contributed by atoms with E-state index in [0.717, 1.165) is 5.56 Å². The van der Waals surface area contributed by atoms with Crippen molar-refractivity contribution in [3.05, 3.63) is 22.8 Å². The van der Waals surface area contributed by atoms with Gasteiger partial charge in [0.2, 0.25) is 0 Å². The predicted octanol–water partition coefficient (Wildman–Crippen LogP) is 2.53. The first kappa shape index (κ1) is 16.9. The minimum Gasteiger partial charge on any atom is -0.381 e. The van der Waals surface area contributed by atoms with Crippen molar-refractivity contribution in [2.45, 2.75) is 25.3 Å². The van der Waals surface area contributed by atoms with Crippen LogP contribution in [0.25, 0.3) is 10.4 Å². The van der Waals surface area contributed by atoms with Gasteiger partial charge in [-0.25, -0.2) is 8.78 Å². The maximum absolute atomic E-state index is 14.7. The summed E-state index contributed by atoms with van der Waals surface area (Å²) in [7, 11) is 0. The monoisotopic (exact) mass is 406 g/mol. The Morgan fingerprint density at radius 2 is 2.11 bits per heavy atom. The number of carbonyl (C=O) groups excluding carboxylic acids is 1. The van der Waals surface area contributed by atoms with Gasteiger partial charge in [-0.3, -0.25) is 9.89 Å². The summed E-state index contributed by atoms with van der Waals surface area (Å²) in [5, 5.41) is 9.86. The van der Waals surface area contributed by atoms with Gasteiger partial charge in [0.15, 0.2) is 0 Å². The SMILES string of the molecule is CC1([C@H]2CN3CC(F)(F)Cc4c(-c5cn[nH]c5)sc(c43)C(=O)N2)[C@@H]2COC[C@@H]21. The molecule has 2 aromatic heterocycles. The number of H-pyrrole nitrogens is 1. The number of nitrogens with zero attached hydrogens (tertiary/aromatic N) is 2. The first-order valence-corrected chi connectivity index (χ1v) is 10.4. The number of aromatic nitrogens is 2. The molecule has 6 nitrogen and oxygen atoms in total. The third-order valence-corrected chi connectivity index (χ3v) is 8.42. The molecule has 0 aromatic carbocycles. The molecule has 1 saturated heterocycles. The van der Waals surface area contributed by atoms with Crippen LogP contribution in [0, 0.1) is 17.3 Å². The van der Waals surface area contributed by atoms with Gasteiger partial charge in [-0.05, 0) is 11.8 Å². The summed E-state index contributed by atoms with van der Waals surface area (Å²) >= 11 is 1.29. The second kappa shape index (κ2) is 5.33. The zero-order chi connectivity index (χ0) is 19.3. The maximum atomic E-state index is 14.7. The van der Waals surface area contributed by atoms with E-state index in [1.165, 1.54) is 11.3 Å². The van der Waals surface area contributed by atoms with E-state index >= 15 is 0 Å². The molecule has 1 aliphatic carbocycles. The smallest absolute Gasteiger partial charge is 0.269 e. The zero-order valence-electron chi connectivity index (χ0n) is 15.3. The van der Waals surface area contributed by atoms with Gasteiger partial charge in [0.05, 0.1) is 37.7 Å². The van der Waals surface area contributed by atoms with Gasteiger partial charge in [-0.1, -0.05) is 6.92 Å². The van der Waals surface area contributed by atoms with Crippen molar-refractivity contribution in [3.63, 3.8) is 0 Å². The van der Waals surface area contributed by atoms with E-state index < -0.39 is 5.92 Å². The van der Waals surface area contributed by atoms with Crippen molar-refractivity contribution in [3.8, 4) is 10.4 Å². The number of nitrogens with one attached hydrogen (secondary N) is 2. The topological polar surface area (TPSA) is 70.2 Å². The zero-order valence-corrected chi connectivity index (χ0v) is 16.1. The number of fused-ring (bicyclic) bond motifs is 1. The molecule has 1 saturated carbocycles. The summed E-state index contributed by atoms with van der Waals surface area (Å²) in [6.45, 7) is 3.62. The highest BCUT2D eigenvalue weighted by molar-refractivity contribution is 7.18. The third-order valence-electron chi connectivity index (χ3n) is 7.15. The Kier molecular flexibility index (Phi) is 3.22. The number of thiophene rings is 1. The lowest BCUT2D eigenvalue weighted by Gasteiger charge is -2.37. The lowest BCUT2D eigenvalue weighted by molar-refractivity contribution is 0.00481. The fraction of sp³-hybridized carbons (Fsp3) is 0.579. The Morgan fingerprint density at radius 3 is 2.82 bits per heavy atom. The largest absolute Gasteiger partial charge is 0.381 e. The Hall–Kier alpha value is -2.00. The molecule has 9 heteroatoms. The highest BCUT2D eigenvalue weighted by Gasteiger charge is 2.68. The van der Waals surface area contributed by atoms with Crippen molar-refractivity contribution >= 4 is 22.9 Å². The van der Waals surface area contributed by atoms with E-state index in [1.807, 2.05) is 0 Å². The molecule has 0 spiro atoms. The number of rotatable bonds is 2. The summed E-state index contributed by atoms with van der Waals surface area (Å²) in [6.07, 6.45) is 2.96. The lowest BCUT2D eigenvalue weighted by Crippen LogP contribution is -2.51. The fourth-order valence-corrected chi connectivity index (χ4v) is 6.77. The molecule has 1 unspecified atom stereocenters. The van der Waals surface area contributed by atoms with Crippen LogP contribution < -0.4 is 10.2 Å². The molecule has 148 valence electrons. The van der Waals surface area contributed by atoms with Crippen molar-refractivity contribution in [1.82, 2.24) is 15.5 Å². The number of carbonyl (C=O) groups is 1. The molecular formula is C19H20F2N4O2S. The van der Waals surface area contributed by atoms with Crippen molar-refractivity contribution < 1.29 is 18.3 Å². The van der Waals surface area contributed by atoms with Crippen LogP contribution in [0.5, 0.6) is 0 Å². The number of amides is 1. The van der Waals surface area contributed by atoms with Gasteiger partial charge >= 0.3 is 0 Å². The third kappa shape index (κ3) is 2.14. The molecule has 3 aliphatic heterocycles. The summed E-state index contributed by atoms with van der Waals surface area (Å²) in [5.41, 5.74) is 1.93. The van der Waals surface area contributed by atoms with Crippen LogP contribution in [0.2, 0.25) is 0 Å².